The Morgan fingerprint density at radius 3 is 2.42 bits per heavy atom. The first-order valence-corrected chi connectivity index (χ1v) is 13.8. The number of hydrogen-bond acceptors (Lipinski definition) is 5. The minimum Gasteiger partial charge on any atom is -0.444 e. The third-order valence-corrected chi connectivity index (χ3v) is 7.18. The van der Waals surface area contributed by atoms with Crippen molar-refractivity contribution in [3.8, 4) is 0 Å². The van der Waals surface area contributed by atoms with Gasteiger partial charge in [0.1, 0.15) is 28.8 Å². The van der Waals surface area contributed by atoms with E-state index in [1.807, 2.05) is 41.0 Å². The normalized spacial score (nSPS) is 15.1. The highest BCUT2D eigenvalue weighted by Gasteiger charge is 2.48. The van der Waals surface area contributed by atoms with E-state index >= 15 is 0 Å². The molecule has 0 saturated heterocycles. The van der Waals surface area contributed by atoms with Gasteiger partial charge in [-0.25, -0.2) is 19.2 Å². The number of amides is 2. The molecule has 5 rings (SSSR count). The van der Waals surface area contributed by atoms with Gasteiger partial charge >= 0.3 is 12.3 Å². The van der Waals surface area contributed by atoms with Crippen LogP contribution in [0.3, 0.4) is 0 Å². The maximum atomic E-state index is 13.7. The summed E-state index contributed by atoms with van der Waals surface area (Å²) in [6.07, 6.45) is -3.11. The maximum Gasteiger partial charge on any atom is 0.416 e. The van der Waals surface area contributed by atoms with Crippen molar-refractivity contribution in [3.63, 3.8) is 0 Å². The van der Waals surface area contributed by atoms with Gasteiger partial charge in [0.2, 0.25) is 5.91 Å². The molecule has 1 aliphatic carbocycles. The minimum atomic E-state index is -4.88. The summed E-state index contributed by atoms with van der Waals surface area (Å²) in [6.45, 7) is 4.75. The largest absolute Gasteiger partial charge is 0.444 e. The molecule has 1 aliphatic rings. The Balaban J connectivity index is 1.45. The van der Waals surface area contributed by atoms with E-state index in [4.69, 9.17) is 9.72 Å². The Morgan fingerprint density at radius 2 is 1.77 bits per heavy atom. The van der Waals surface area contributed by atoms with Crippen molar-refractivity contribution in [2.45, 2.75) is 69.9 Å². The number of pyridine rings is 1. The predicted molar refractivity (Wildman–Crippen MR) is 150 cm³/mol. The SMILES string of the molecule is CC(C)(C)OC(=O)N[C@H](Cc1ccc(F)cc1C(F)(F)F)C(=O)NCc1nc2cccnc2n1C1(c2ccccc2)CC1. The Kier molecular flexibility index (Phi) is 7.89. The number of alkyl halides is 3. The van der Waals surface area contributed by atoms with E-state index in [1.165, 1.54) is 0 Å². The zero-order chi connectivity index (χ0) is 31.0. The lowest BCUT2D eigenvalue weighted by Gasteiger charge is -2.25. The number of rotatable bonds is 8. The number of halogens is 4. The molecule has 0 bridgehead atoms. The Morgan fingerprint density at radius 1 is 1.05 bits per heavy atom. The number of ether oxygens (including phenoxy) is 1. The fourth-order valence-electron chi connectivity index (χ4n) is 5.19. The van der Waals surface area contributed by atoms with E-state index in [0.29, 0.717) is 23.1 Å². The second-order valence-corrected chi connectivity index (χ2v) is 11.5. The molecule has 2 N–H and O–H groups in total. The van der Waals surface area contributed by atoms with Gasteiger partial charge in [-0.3, -0.25) is 4.79 Å². The molecule has 2 amide bonds. The Hall–Kier alpha value is -4.48. The molecule has 0 spiro atoms. The first-order chi connectivity index (χ1) is 20.3. The van der Waals surface area contributed by atoms with E-state index < -0.39 is 53.2 Å². The first kappa shape index (κ1) is 30.0. The van der Waals surface area contributed by atoms with Gasteiger partial charge < -0.3 is 19.9 Å². The smallest absolute Gasteiger partial charge is 0.416 e. The highest BCUT2D eigenvalue weighted by molar-refractivity contribution is 5.86. The van der Waals surface area contributed by atoms with Crippen LogP contribution in [0.5, 0.6) is 0 Å². The molecular formula is C31H31F4N5O3. The van der Waals surface area contributed by atoms with Crippen LogP contribution < -0.4 is 10.6 Å². The summed E-state index contributed by atoms with van der Waals surface area (Å²) in [6, 6.07) is 14.1. The number of nitrogens with zero attached hydrogens (tertiary/aromatic N) is 3. The molecule has 2 heterocycles. The number of fused-ring (bicyclic) bond motifs is 1. The number of imidazole rings is 1. The lowest BCUT2D eigenvalue weighted by molar-refractivity contribution is -0.138. The molecule has 0 unspecified atom stereocenters. The summed E-state index contributed by atoms with van der Waals surface area (Å²) in [7, 11) is 0. The third kappa shape index (κ3) is 6.63. The summed E-state index contributed by atoms with van der Waals surface area (Å²) >= 11 is 0. The van der Waals surface area contributed by atoms with Crippen LogP contribution in [0.25, 0.3) is 11.2 Å². The van der Waals surface area contributed by atoms with E-state index in [2.05, 4.69) is 15.6 Å². The second kappa shape index (κ2) is 11.3. The standard InChI is InChI=1S/C31H31F4N5O3/c1-29(2,3)43-28(42)39-24(16-19-11-12-21(32)17-22(19)31(33,34)35)27(41)37-18-25-38-23-10-7-15-36-26(23)40(25)30(13-14-30)20-8-5-4-6-9-20/h4-12,15,17,24H,13-14,16,18H2,1-3H3,(H,37,41)(H,39,42)/t24-/m1/s1. The Labute approximate surface area is 245 Å². The summed E-state index contributed by atoms with van der Waals surface area (Å²) in [4.78, 5) is 35.4. The van der Waals surface area contributed by atoms with Crippen LogP contribution in [0.4, 0.5) is 22.4 Å². The third-order valence-electron chi connectivity index (χ3n) is 7.18. The summed E-state index contributed by atoms with van der Waals surface area (Å²) in [5.74, 6) is -1.34. The van der Waals surface area contributed by atoms with Crippen LogP contribution in [0.2, 0.25) is 0 Å². The predicted octanol–water partition coefficient (Wildman–Crippen LogP) is 5.88. The van der Waals surface area contributed by atoms with E-state index in [-0.39, 0.29) is 12.1 Å². The van der Waals surface area contributed by atoms with Gasteiger partial charge in [-0.1, -0.05) is 36.4 Å². The lowest BCUT2D eigenvalue weighted by Crippen LogP contribution is -2.49. The van der Waals surface area contributed by atoms with E-state index in [9.17, 15) is 27.2 Å². The van der Waals surface area contributed by atoms with Gasteiger partial charge in [-0.15, -0.1) is 0 Å². The fraction of sp³-hybridized carbons (Fsp3) is 0.355. The van der Waals surface area contributed by atoms with Crippen molar-refractivity contribution in [1.29, 1.82) is 0 Å². The molecule has 8 nitrogen and oxygen atoms in total. The number of nitrogens with one attached hydrogen (secondary N) is 2. The van der Waals surface area contributed by atoms with Crippen LogP contribution in [0.1, 0.15) is 56.1 Å². The van der Waals surface area contributed by atoms with Crippen molar-refractivity contribution < 1.29 is 31.9 Å². The topological polar surface area (TPSA) is 98.1 Å². The van der Waals surface area contributed by atoms with Gasteiger partial charge in [0.05, 0.1) is 17.6 Å². The number of benzene rings is 2. The van der Waals surface area contributed by atoms with Gasteiger partial charge in [-0.05, 0) is 69.0 Å². The highest BCUT2D eigenvalue weighted by atomic mass is 19.4. The average molecular weight is 598 g/mol. The molecule has 2 aromatic heterocycles. The summed E-state index contributed by atoms with van der Waals surface area (Å²) in [5.41, 5.74) is -0.602. The van der Waals surface area contributed by atoms with Gasteiger partial charge in [0.25, 0.3) is 0 Å². The zero-order valence-corrected chi connectivity index (χ0v) is 23.8. The summed E-state index contributed by atoms with van der Waals surface area (Å²) < 4.78 is 62.2. The fourth-order valence-corrected chi connectivity index (χ4v) is 5.19. The number of aromatic nitrogens is 3. The molecule has 226 valence electrons. The van der Waals surface area contributed by atoms with Crippen LogP contribution in [0, 0.1) is 5.82 Å². The molecule has 0 aliphatic heterocycles. The summed E-state index contributed by atoms with van der Waals surface area (Å²) in [5, 5.41) is 5.12. The molecule has 1 atom stereocenters. The van der Waals surface area contributed by atoms with Crippen molar-refractivity contribution in [2.75, 3.05) is 0 Å². The highest BCUT2D eigenvalue weighted by Crippen LogP contribution is 2.51. The molecular weight excluding hydrogens is 566 g/mol. The first-order valence-electron chi connectivity index (χ1n) is 13.8. The molecule has 2 aromatic carbocycles. The molecule has 4 aromatic rings. The molecule has 1 saturated carbocycles. The van der Waals surface area contributed by atoms with Crippen LogP contribution in [-0.4, -0.2) is 38.2 Å². The number of hydrogen-bond donors (Lipinski definition) is 2. The average Bonchev–Trinajstić information content (AvgIpc) is 3.65. The van der Waals surface area contributed by atoms with Crippen molar-refractivity contribution in [3.05, 3.63) is 95.2 Å². The maximum absolute atomic E-state index is 13.7. The Bertz CT molecular complexity index is 1640. The lowest BCUT2D eigenvalue weighted by atomic mass is 9.99. The van der Waals surface area contributed by atoms with Crippen molar-refractivity contribution in [1.82, 2.24) is 25.2 Å². The number of carbonyl (C=O) groups is 2. The van der Waals surface area contributed by atoms with Crippen molar-refractivity contribution >= 4 is 23.2 Å². The van der Waals surface area contributed by atoms with Gasteiger partial charge in [-0.2, -0.15) is 13.2 Å². The van der Waals surface area contributed by atoms with Crippen LogP contribution in [-0.2, 0) is 34.2 Å². The van der Waals surface area contributed by atoms with Gasteiger partial charge in [0, 0.05) is 12.6 Å². The van der Waals surface area contributed by atoms with Crippen LogP contribution >= 0.6 is 0 Å². The minimum absolute atomic E-state index is 0.0914. The monoisotopic (exact) mass is 597 g/mol. The molecule has 12 heteroatoms. The zero-order valence-electron chi connectivity index (χ0n) is 23.8. The molecule has 0 radical (unpaired) electrons. The number of alkyl carbamates (subject to hydrolysis) is 1. The quantitative estimate of drug-likeness (QED) is 0.247. The number of carbonyl (C=O) groups excluding carboxylic acids is 2. The van der Waals surface area contributed by atoms with E-state index in [0.717, 1.165) is 30.5 Å². The molecule has 1 fully saturated rings. The van der Waals surface area contributed by atoms with E-state index in [1.54, 1.807) is 33.0 Å². The second-order valence-electron chi connectivity index (χ2n) is 11.5. The van der Waals surface area contributed by atoms with Crippen LogP contribution in [0.15, 0.2) is 66.9 Å². The van der Waals surface area contributed by atoms with Gasteiger partial charge in [0.15, 0.2) is 5.65 Å². The van der Waals surface area contributed by atoms with Crippen molar-refractivity contribution in [2.24, 2.45) is 0 Å². The molecule has 43 heavy (non-hydrogen) atoms.